The van der Waals surface area contributed by atoms with Gasteiger partial charge in [0.05, 0.1) is 12.0 Å². The molecule has 2 rings (SSSR count). The molecule has 1 heterocycles. The third-order valence-electron chi connectivity index (χ3n) is 3.86. The Kier molecular flexibility index (Phi) is 6.68. The summed E-state index contributed by atoms with van der Waals surface area (Å²) in [5.41, 5.74) is 0. The van der Waals surface area contributed by atoms with Crippen LogP contribution in [0.25, 0.3) is 0 Å². The minimum absolute atomic E-state index is 0. The summed E-state index contributed by atoms with van der Waals surface area (Å²) in [7, 11) is -6.02. The normalized spacial score (nSPS) is 22.7. The number of methoxy groups -OCH3 is 1. The monoisotopic (exact) mass is 398 g/mol. The van der Waals surface area contributed by atoms with Gasteiger partial charge >= 0.3 is 0 Å². The maximum atomic E-state index is 13.0. The number of nitrogens with zero attached hydrogens (tertiary/aromatic N) is 1. The number of hydrogen-bond donors (Lipinski definition) is 1. The van der Waals surface area contributed by atoms with Gasteiger partial charge in [-0.15, -0.1) is 12.4 Å². The average Bonchev–Trinajstić information content (AvgIpc) is 2.48. The predicted molar refractivity (Wildman–Crippen MR) is 94.2 cm³/mol. The molecule has 1 aromatic rings. The van der Waals surface area contributed by atoms with Crippen LogP contribution in [0.3, 0.4) is 0 Å². The fourth-order valence-electron chi connectivity index (χ4n) is 2.54. The molecule has 1 saturated heterocycles. The highest BCUT2D eigenvalue weighted by Gasteiger charge is 2.35. The lowest BCUT2D eigenvalue weighted by atomic mass is 10.2. The molecule has 1 N–H and O–H groups in total. The molecule has 0 aromatic heterocycles. The number of hydrogen-bond acceptors (Lipinski definition) is 6. The van der Waals surface area contributed by atoms with Crippen molar-refractivity contribution in [1.29, 1.82) is 0 Å². The molecule has 1 aliphatic rings. The lowest BCUT2D eigenvalue weighted by Gasteiger charge is -2.36. The zero-order valence-corrected chi connectivity index (χ0v) is 16.5. The van der Waals surface area contributed by atoms with Crippen molar-refractivity contribution in [3.05, 3.63) is 18.2 Å². The van der Waals surface area contributed by atoms with Crippen LogP contribution in [0.1, 0.15) is 13.8 Å². The molecule has 2 atom stereocenters. The minimum Gasteiger partial charge on any atom is -0.495 e. The second-order valence-electron chi connectivity index (χ2n) is 5.82. The van der Waals surface area contributed by atoms with E-state index in [2.05, 4.69) is 5.32 Å². The molecule has 0 saturated carbocycles. The van der Waals surface area contributed by atoms with E-state index < -0.39 is 19.9 Å². The van der Waals surface area contributed by atoms with Crippen LogP contribution in [0.5, 0.6) is 5.75 Å². The van der Waals surface area contributed by atoms with Crippen molar-refractivity contribution in [2.45, 2.75) is 35.7 Å². The molecule has 0 amide bonds. The fourth-order valence-corrected chi connectivity index (χ4v) is 5.16. The lowest BCUT2D eigenvalue weighted by Crippen LogP contribution is -2.56. The Balaban J connectivity index is 0.00000288. The summed E-state index contributed by atoms with van der Waals surface area (Å²) in [6.45, 7) is 4.56. The van der Waals surface area contributed by atoms with Crippen molar-refractivity contribution in [3.8, 4) is 5.75 Å². The van der Waals surface area contributed by atoms with E-state index in [1.165, 1.54) is 29.6 Å². The van der Waals surface area contributed by atoms with E-state index in [0.29, 0.717) is 13.1 Å². The summed E-state index contributed by atoms with van der Waals surface area (Å²) in [5, 5.41) is 3.22. The van der Waals surface area contributed by atoms with Crippen LogP contribution in [-0.2, 0) is 19.9 Å². The van der Waals surface area contributed by atoms with Crippen LogP contribution >= 0.6 is 12.4 Å². The smallest absolute Gasteiger partial charge is 0.247 e. The van der Waals surface area contributed by atoms with Gasteiger partial charge in [-0.05, 0) is 32.0 Å². The largest absolute Gasteiger partial charge is 0.495 e. The molecule has 7 nitrogen and oxygen atoms in total. The highest BCUT2D eigenvalue weighted by Crippen LogP contribution is 2.31. The molecule has 0 aliphatic carbocycles. The first kappa shape index (κ1) is 21.2. The molecule has 1 fully saturated rings. The number of sulfone groups is 1. The van der Waals surface area contributed by atoms with Gasteiger partial charge in [-0.1, -0.05) is 0 Å². The quantitative estimate of drug-likeness (QED) is 0.809. The van der Waals surface area contributed by atoms with E-state index in [4.69, 9.17) is 4.74 Å². The molecule has 24 heavy (non-hydrogen) atoms. The van der Waals surface area contributed by atoms with Crippen LogP contribution in [0, 0.1) is 0 Å². The number of ether oxygens (including phenoxy) is 1. The van der Waals surface area contributed by atoms with Crippen molar-refractivity contribution in [2.75, 3.05) is 26.5 Å². The standard InChI is InChI=1S/C14H22N2O5S2.ClH/c1-10-9-16(11(2)8-15-10)23(19,20)14-7-12(22(4,17)18)5-6-13(14)21-3;/h5-7,10-11,15H,8-9H2,1-4H3;1H. The highest BCUT2D eigenvalue weighted by molar-refractivity contribution is 7.91. The van der Waals surface area contributed by atoms with Crippen molar-refractivity contribution in [1.82, 2.24) is 9.62 Å². The van der Waals surface area contributed by atoms with E-state index in [1.54, 1.807) is 0 Å². The Hall–Kier alpha value is -0.870. The zero-order valence-electron chi connectivity index (χ0n) is 14.0. The van der Waals surface area contributed by atoms with Gasteiger partial charge < -0.3 is 10.1 Å². The Morgan fingerprint density at radius 2 is 1.83 bits per heavy atom. The van der Waals surface area contributed by atoms with Gasteiger partial charge in [0.15, 0.2) is 9.84 Å². The number of piperazine rings is 1. The Morgan fingerprint density at radius 3 is 2.38 bits per heavy atom. The first-order chi connectivity index (χ1) is 10.6. The van der Waals surface area contributed by atoms with E-state index in [-0.39, 0.29) is 40.0 Å². The van der Waals surface area contributed by atoms with E-state index in [0.717, 1.165) is 6.26 Å². The molecule has 1 aromatic carbocycles. The van der Waals surface area contributed by atoms with E-state index in [9.17, 15) is 16.8 Å². The van der Waals surface area contributed by atoms with Crippen LogP contribution in [0.2, 0.25) is 0 Å². The van der Waals surface area contributed by atoms with Crippen LogP contribution in [0.4, 0.5) is 0 Å². The second-order valence-corrected chi connectivity index (χ2v) is 9.69. The number of halogens is 1. The van der Waals surface area contributed by atoms with Gasteiger partial charge in [0.25, 0.3) is 0 Å². The molecule has 0 spiro atoms. The Morgan fingerprint density at radius 1 is 1.21 bits per heavy atom. The third-order valence-corrected chi connectivity index (χ3v) is 6.97. The lowest BCUT2D eigenvalue weighted by molar-refractivity contribution is 0.244. The summed E-state index contributed by atoms with van der Waals surface area (Å²) < 4.78 is 56.1. The van der Waals surface area contributed by atoms with Gasteiger partial charge in [-0.25, -0.2) is 16.8 Å². The average molecular weight is 399 g/mol. The maximum Gasteiger partial charge on any atom is 0.247 e. The highest BCUT2D eigenvalue weighted by atomic mass is 35.5. The summed E-state index contributed by atoms with van der Waals surface area (Å²) in [4.78, 5) is -0.170. The van der Waals surface area contributed by atoms with Crippen molar-refractivity contribution < 1.29 is 21.6 Å². The first-order valence-electron chi connectivity index (χ1n) is 7.20. The van der Waals surface area contributed by atoms with Crippen molar-refractivity contribution >= 4 is 32.3 Å². The predicted octanol–water partition coefficient (Wildman–Crippen LogP) is 0.891. The second kappa shape index (κ2) is 7.57. The summed E-state index contributed by atoms with van der Waals surface area (Å²) in [6.07, 6.45) is 1.04. The van der Waals surface area contributed by atoms with Crippen molar-refractivity contribution in [2.24, 2.45) is 0 Å². The number of rotatable bonds is 4. The van der Waals surface area contributed by atoms with Gasteiger partial charge in [0, 0.05) is 31.4 Å². The molecular formula is C14H23ClN2O5S2. The fraction of sp³-hybridized carbons (Fsp3) is 0.571. The number of benzene rings is 1. The van der Waals surface area contributed by atoms with Crippen LogP contribution < -0.4 is 10.1 Å². The molecule has 138 valence electrons. The summed E-state index contributed by atoms with van der Waals surface area (Å²) >= 11 is 0. The van der Waals surface area contributed by atoms with Crippen molar-refractivity contribution in [3.63, 3.8) is 0 Å². The third kappa shape index (κ3) is 4.20. The van der Waals surface area contributed by atoms with Gasteiger partial charge in [0.1, 0.15) is 10.6 Å². The van der Waals surface area contributed by atoms with E-state index >= 15 is 0 Å². The maximum absolute atomic E-state index is 13.0. The number of nitrogens with one attached hydrogen (secondary N) is 1. The van der Waals surface area contributed by atoms with Gasteiger partial charge in [0.2, 0.25) is 10.0 Å². The molecule has 1 aliphatic heterocycles. The van der Waals surface area contributed by atoms with Crippen LogP contribution in [-0.4, -0.2) is 59.7 Å². The van der Waals surface area contributed by atoms with Gasteiger partial charge in [-0.2, -0.15) is 4.31 Å². The Bertz CT molecular complexity index is 795. The van der Waals surface area contributed by atoms with Gasteiger partial charge in [-0.3, -0.25) is 0 Å². The summed E-state index contributed by atoms with van der Waals surface area (Å²) in [5.74, 6) is 0.135. The first-order valence-corrected chi connectivity index (χ1v) is 10.5. The molecular weight excluding hydrogens is 376 g/mol. The SMILES string of the molecule is COc1ccc(S(C)(=O)=O)cc1S(=O)(=O)N1CC(C)NCC1C.Cl. The molecule has 0 bridgehead atoms. The molecule has 10 heteroatoms. The molecule has 2 unspecified atom stereocenters. The summed E-state index contributed by atoms with van der Waals surface area (Å²) in [6, 6.07) is 3.67. The minimum atomic E-state index is -3.87. The topological polar surface area (TPSA) is 92.8 Å². The number of sulfonamides is 1. The Labute approximate surface area is 149 Å². The molecule has 0 radical (unpaired) electrons. The zero-order chi connectivity index (χ0) is 17.4. The van der Waals surface area contributed by atoms with Crippen LogP contribution in [0.15, 0.2) is 28.0 Å². The van der Waals surface area contributed by atoms with E-state index in [1.807, 2.05) is 13.8 Å².